The zero-order valence-electron chi connectivity index (χ0n) is 19.5. The van der Waals surface area contributed by atoms with Crippen molar-refractivity contribution < 1.29 is 4.79 Å². The zero-order valence-corrected chi connectivity index (χ0v) is 20.3. The van der Waals surface area contributed by atoms with Crippen LogP contribution in [0.1, 0.15) is 67.2 Å². The molecule has 1 saturated carbocycles. The van der Waals surface area contributed by atoms with Crippen LogP contribution >= 0.6 is 12.2 Å². The van der Waals surface area contributed by atoms with E-state index in [0.717, 1.165) is 16.9 Å². The van der Waals surface area contributed by atoms with Gasteiger partial charge in [0.2, 0.25) is 5.91 Å². The molecule has 1 aliphatic carbocycles. The number of rotatable bonds is 7. The second kappa shape index (κ2) is 9.97. The van der Waals surface area contributed by atoms with Gasteiger partial charge in [-0.25, -0.2) is 0 Å². The Morgan fingerprint density at radius 3 is 2.76 bits per heavy atom. The van der Waals surface area contributed by atoms with E-state index in [1.54, 1.807) is 0 Å². The van der Waals surface area contributed by atoms with E-state index < -0.39 is 0 Å². The van der Waals surface area contributed by atoms with E-state index in [4.69, 9.17) is 12.2 Å². The van der Waals surface area contributed by atoms with Gasteiger partial charge < -0.3 is 20.1 Å². The number of nitrogens with one attached hydrogen (secondary N) is 2. The molecule has 1 saturated heterocycles. The lowest BCUT2D eigenvalue weighted by atomic mass is 10.0. The highest BCUT2D eigenvalue weighted by molar-refractivity contribution is 7.80. The lowest BCUT2D eigenvalue weighted by Gasteiger charge is -2.30. The summed E-state index contributed by atoms with van der Waals surface area (Å²) in [6.45, 7) is 2.55. The molecule has 0 radical (unpaired) electrons. The fourth-order valence-corrected chi connectivity index (χ4v) is 5.64. The molecule has 2 aromatic heterocycles. The maximum absolute atomic E-state index is 12.8. The fraction of sp³-hybridized carbons (Fsp3) is 0.370. The molecule has 7 heteroatoms. The number of carbonyl (C=O) groups is 1. The first kappa shape index (κ1) is 22.6. The Kier molecular flexibility index (Phi) is 6.63. The molecule has 1 aromatic carbocycles. The smallest absolute Gasteiger partial charge is 0.226 e. The minimum atomic E-state index is -0.0661. The Bertz CT molecular complexity index is 1150. The summed E-state index contributed by atoms with van der Waals surface area (Å²) in [6, 6.07) is 18.6. The van der Waals surface area contributed by atoms with Crippen molar-refractivity contribution in [3.63, 3.8) is 0 Å². The number of amides is 1. The third-order valence-corrected chi connectivity index (χ3v) is 7.26. The second-order valence-corrected chi connectivity index (χ2v) is 9.65. The molecule has 5 rings (SSSR count). The Labute approximate surface area is 206 Å². The van der Waals surface area contributed by atoms with Gasteiger partial charge in [0.25, 0.3) is 0 Å². The first-order valence-electron chi connectivity index (χ1n) is 12.1. The van der Waals surface area contributed by atoms with Gasteiger partial charge in [0.1, 0.15) is 0 Å². The fourth-order valence-electron chi connectivity index (χ4n) is 5.31. The number of pyridine rings is 1. The third-order valence-electron chi connectivity index (χ3n) is 6.91. The summed E-state index contributed by atoms with van der Waals surface area (Å²) in [5.41, 5.74) is 4.13. The van der Waals surface area contributed by atoms with Gasteiger partial charge in [-0.3, -0.25) is 9.78 Å². The lowest BCUT2D eigenvalue weighted by Crippen LogP contribution is -2.33. The molecule has 1 amide bonds. The number of hydrogen-bond acceptors (Lipinski definition) is 3. The van der Waals surface area contributed by atoms with Crippen LogP contribution in [-0.4, -0.2) is 32.0 Å². The van der Waals surface area contributed by atoms with Crippen LogP contribution in [0.5, 0.6) is 0 Å². The van der Waals surface area contributed by atoms with Crippen molar-refractivity contribution in [3.8, 4) is 0 Å². The molecular formula is C27H31N5OS. The first-order chi connectivity index (χ1) is 16.6. The Morgan fingerprint density at radius 1 is 1.15 bits per heavy atom. The highest BCUT2D eigenvalue weighted by Gasteiger charge is 2.41. The lowest BCUT2D eigenvalue weighted by molar-refractivity contribution is -0.116. The van der Waals surface area contributed by atoms with Gasteiger partial charge in [0.05, 0.1) is 17.8 Å². The van der Waals surface area contributed by atoms with Crippen molar-refractivity contribution in [2.75, 3.05) is 11.9 Å². The molecule has 1 aliphatic heterocycles. The van der Waals surface area contributed by atoms with Gasteiger partial charge >= 0.3 is 0 Å². The number of aromatic nitrogens is 2. The summed E-state index contributed by atoms with van der Waals surface area (Å²) in [5.74, 6) is -0.0142. The van der Waals surface area contributed by atoms with Crippen LogP contribution in [-0.2, 0) is 4.79 Å². The molecule has 6 nitrogen and oxygen atoms in total. The monoisotopic (exact) mass is 473 g/mol. The second-order valence-electron chi connectivity index (χ2n) is 9.27. The van der Waals surface area contributed by atoms with Crippen molar-refractivity contribution in [1.82, 2.24) is 19.8 Å². The van der Waals surface area contributed by atoms with Crippen molar-refractivity contribution in [1.29, 1.82) is 0 Å². The Balaban J connectivity index is 1.39. The molecule has 176 valence electrons. The van der Waals surface area contributed by atoms with Gasteiger partial charge in [0.15, 0.2) is 5.11 Å². The summed E-state index contributed by atoms with van der Waals surface area (Å²) >= 11 is 5.79. The molecule has 2 fully saturated rings. The van der Waals surface area contributed by atoms with Crippen LogP contribution in [0, 0.1) is 6.92 Å². The van der Waals surface area contributed by atoms with Gasteiger partial charge in [-0.2, -0.15) is 0 Å². The third kappa shape index (κ3) is 4.71. The number of anilines is 1. The minimum absolute atomic E-state index is 0.0142. The Morgan fingerprint density at radius 2 is 2.00 bits per heavy atom. The molecule has 0 spiro atoms. The minimum Gasteiger partial charge on any atom is -0.352 e. The quantitative estimate of drug-likeness (QED) is 0.456. The highest BCUT2D eigenvalue weighted by Crippen LogP contribution is 2.41. The van der Waals surface area contributed by atoms with Crippen LogP contribution in [0.3, 0.4) is 0 Å². The SMILES string of the molecule is Cc1cccc(NC(=O)CCN2C(=S)N[C@@H](c3ccccn3)[C@@H]2c2cccn2C2CCCC2)c1. The van der Waals surface area contributed by atoms with Crippen molar-refractivity contribution in [2.24, 2.45) is 0 Å². The molecule has 2 atom stereocenters. The average molecular weight is 474 g/mol. The molecule has 34 heavy (non-hydrogen) atoms. The summed E-state index contributed by atoms with van der Waals surface area (Å²) in [7, 11) is 0. The van der Waals surface area contributed by atoms with Gasteiger partial charge in [-0.05, 0) is 73.9 Å². The number of benzene rings is 1. The van der Waals surface area contributed by atoms with Crippen LogP contribution in [0.25, 0.3) is 0 Å². The molecule has 2 N–H and O–H groups in total. The number of thiocarbonyl (C=S) groups is 1. The topological polar surface area (TPSA) is 62.2 Å². The average Bonchev–Trinajstić information content (AvgIpc) is 3.58. The largest absolute Gasteiger partial charge is 0.352 e. The summed E-state index contributed by atoms with van der Waals surface area (Å²) in [4.78, 5) is 19.6. The number of nitrogens with zero attached hydrogens (tertiary/aromatic N) is 3. The van der Waals surface area contributed by atoms with Crippen LogP contribution < -0.4 is 10.6 Å². The number of aryl methyl sites for hydroxylation is 1. The molecule has 3 heterocycles. The molecule has 2 aliphatic rings. The predicted octanol–water partition coefficient (Wildman–Crippen LogP) is 5.31. The number of hydrogen-bond donors (Lipinski definition) is 2. The van der Waals surface area contributed by atoms with Crippen molar-refractivity contribution >= 4 is 28.9 Å². The zero-order chi connectivity index (χ0) is 23.5. The van der Waals surface area contributed by atoms with E-state index >= 15 is 0 Å². The van der Waals surface area contributed by atoms with E-state index in [1.165, 1.54) is 31.4 Å². The first-order valence-corrected chi connectivity index (χ1v) is 12.5. The van der Waals surface area contributed by atoms with E-state index in [9.17, 15) is 4.79 Å². The molecule has 3 aromatic rings. The van der Waals surface area contributed by atoms with Gasteiger partial charge in [-0.1, -0.05) is 31.0 Å². The molecule has 0 bridgehead atoms. The maximum Gasteiger partial charge on any atom is 0.226 e. The predicted molar refractivity (Wildman–Crippen MR) is 139 cm³/mol. The normalized spacial score (nSPS) is 20.5. The van der Waals surface area contributed by atoms with E-state index in [1.807, 2.05) is 55.6 Å². The van der Waals surface area contributed by atoms with Gasteiger partial charge in [-0.15, -0.1) is 0 Å². The summed E-state index contributed by atoms with van der Waals surface area (Å²) in [5, 5.41) is 7.20. The van der Waals surface area contributed by atoms with Crippen LogP contribution in [0.15, 0.2) is 67.0 Å². The van der Waals surface area contributed by atoms with Gasteiger partial charge in [0, 0.05) is 42.8 Å². The van der Waals surface area contributed by atoms with E-state index in [0.29, 0.717) is 24.1 Å². The summed E-state index contributed by atoms with van der Waals surface area (Å²) in [6.07, 6.45) is 9.34. The van der Waals surface area contributed by atoms with E-state index in [-0.39, 0.29) is 18.0 Å². The summed E-state index contributed by atoms with van der Waals surface area (Å²) < 4.78 is 2.43. The van der Waals surface area contributed by atoms with Crippen LogP contribution in [0.4, 0.5) is 5.69 Å². The van der Waals surface area contributed by atoms with Crippen molar-refractivity contribution in [3.05, 3.63) is 83.9 Å². The standard InChI is InChI=1S/C27H31N5OS/c1-19-8-6-9-20(18-19)29-24(33)14-17-32-26(23-13-7-16-31(23)21-10-2-3-11-21)25(30-27(32)34)22-12-4-5-15-28-22/h4-9,12-13,15-16,18,21,25-26H,2-3,10-11,14,17H2,1H3,(H,29,33)(H,30,34)/t25-,26-/m0/s1. The molecular weight excluding hydrogens is 442 g/mol. The van der Waals surface area contributed by atoms with E-state index in [2.05, 4.69) is 43.4 Å². The van der Waals surface area contributed by atoms with Crippen molar-refractivity contribution in [2.45, 2.75) is 57.2 Å². The van der Waals surface area contributed by atoms with Crippen LogP contribution in [0.2, 0.25) is 0 Å². The number of carbonyl (C=O) groups excluding carboxylic acids is 1. The maximum atomic E-state index is 12.8. The Hall–Kier alpha value is -3.19. The highest BCUT2D eigenvalue weighted by atomic mass is 32.1. The molecule has 0 unspecified atom stereocenters.